The first-order valence-electron chi connectivity index (χ1n) is 3.24. The Labute approximate surface area is 55.2 Å². The highest BCUT2D eigenvalue weighted by Gasteiger charge is 2.28. The van der Waals surface area contributed by atoms with Gasteiger partial charge < -0.3 is 5.32 Å². The number of carbonyl (C=O) groups is 1. The van der Waals surface area contributed by atoms with E-state index in [1.807, 2.05) is 14.1 Å². The Morgan fingerprint density at radius 1 is 1.56 bits per heavy atom. The second-order valence-corrected chi connectivity index (χ2v) is 2.99. The average Bonchev–Trinajstić information content (AvgIpc) is 1.77. The number of quaternary nitrogens is 1. The third-order valence-corrected chi connectivity index (χ3v) is 1.72. The molecule has 0 aromatic carbocycles. The van der Waals surface area contributed by atoms with Crippen LogP contribution in [0.4, 0.5) is 4.79 Å². The summed E-state index contributed by atoms with van der Waals surface area (Å²) in [6.07, 6.45) is 1.10. The molecule has 1 aliphatic heterocycles. The number of rotatable bonds is 0. The van der Waals surface area contributed by atoms with Crippen molar-refractivity contribution in [1.29, 1.82) is 0 Å². The number of hydrogen-bond donors (Lipinski definition) is 1. The molecule has 0 bridgehead atoms. The molecular weight excluding hydrogens is 116 g/mol. The summed E-state index contributed by atoms with van der Waals surface area (Å²) in [6, 6.07) is 0.140. The number of nitrogens with zero attached hydrogens (tertiary/aromatic N) is 1. The van der Waals surface area contributed by atoms with Crippen molar-refractivity contribution in [2.75, 3.05) is 27.2 Å². The predicted molar refractivity (Wildman–Crippen MR) is 35.0 cm³/mol. The van der Waals surface area contributed by atoms with Gasteiger partial charge in [-0.25, -0.2) is 9.28 Å². The van der Waals surface area contributed by atoms with Crippen LogP contribution in [0.25, 0.3) is 0 Å². The lowest BCUT2D eigenvalue weighted by Gasteiger charge is -2.30. The van der Waals surface area contributed by atoms with Crippen molar-refractivity contribution in [3.05, 3.63) is 0 Å². The monoisotopic (exact) mass is 129 g/mol. The minimum absolute atomic E-state index is 0.140. The Hall–Kier alpha value is -0.570. The summed E-state index contributed by atoms with van der Waals surface area (Å²) in [5.74, 6) is 0. The van der Waals surface area contributed by atoms with Gasteiger partial charge in [-0.3, -0.25) is 0 Å². The molecule has 52 valence electrons. The van der Waals surface area contributed by atoms with E-state index in [1.54, 1.807) is 0 Å². The zero-order valence-electron chi connectivity index (χ0n) is 5.98. The Morgan fingerprint density at radius 3 is 2.56 bits per heavy atom. The third kappa shape index (κ3) is 1.21. The van der Waals surface area contributed by atoms with Crippen LogP contribution in [0.5, 0.6) is 0 Å². The van der Waals surface area contributed by atoms with E-state index in [1.165, 1.54) is 0 Å². The van der Waals surface area contributed by atoms with Crippen LogP contribution in [0.2, 0.25) is 0 Å². The zero-order valence-corrected chi connectivity index (χ0v) is 5.98. The Balaban J connectivity index is 2.60. The molecule has 2 amide bonds. The first-order chi connectivity index (χ1) is 4.13. The van der Waals surface area contributed by atoms with E-state index in [4.69, 9.17) is 0 Å². The minimum Gasteiger partial charge on any atom is -0.305 e. The lowest BCUT2D eigenvalue weighted by atomic mass is 10.3. The molecule has 1 saturated heterocycles. The number of urea groups is 1. The molecule has 0 atom stereocenters. The molecule has 1 fully saturated rings. The topological polar surface area (TPSA) is 29.1 Å². The summed E-state index contributed by atoms with van der Waals surface area (Å²) in [6.45, 7) is 1.81. The number of hydrogen-bond acceptors (Lipinski definition) is 1. The number of nitrogens with one attached hydrogen (secondary N) is 1. The van der Waals surface area contributed by atoms with Gasteiger partial charge in [0, 0.05) is 13.0 Å². The predicted octanol–water partition coefficient (Wildman–Crippen LogP) is 0.176. The van der Waals surface area contributed by atoms with E-state index >= 15 is 0 Å². The first-order valence-corrected chi connectivity index (χ1v) is 3.24. The van der Waals surface area contributed by atoms with E-state index in [0.717, 1.165) is 19.5 Å². The van der Waals surface area contributed by atoms with Crippen LogP contribution in [-0.2, 0) is 0 Å². The standard InChI is InChI=1S/C6H12N2O/c1-8(2)5-3-4-7-6(8)9/h3-5H2,1-2H3/p+1. The van der Waals surface area contributed by atoms with Crippen LogP contribution >= 0.6 is 0 Å². The van der Waals surface area contributed by atoms with E-state index < -0.39 is 0 Å². The molecule has 1 rings (SSSR count). The van der Waals surface area contributed by atoms with Gasteiger partial charge in [0.2, 0.25) is 0 Å². The van der Waals surface area contributed by atoms with Crippen molar-refractivity contribution in [3.63, 3.8) is 0 Å². The summed E-state index contributed by atoms with van der Waals surface area (Å²) in [5, 5.41) is 2.81. The average molecular weight is 129 g/mol. The highest BCUT2D eigenvalue weighted by molar-refractivity contribution is 5.66. The summed E-state index contributed by atoms with van der Waals surface area (Å²) in [4.78, 5) is 11.0. The van der Waals surface area contributed by atoms with Crippen molar-refractivity contribution < 1.29 is 9.28 Å². The second kappa shape index (κ2) is 1.99. The SMILES string of the molecule is C[N+]1(C)CCCNC1=O. The second-order valence-electron chi connectivity index (χ2n) is 2.99. The van der Waals surface area contributed by atoms with Crippen molar-refractivity contribution in [3.8, 4) is 0 Å². The van der Waals surface area contributed by atoms with Crippen molar-refractivity contribution in [1.82, 2.24) is 5.32 Å². The molecule has 1 N–H and O–H groups in total. The van der Waals surface area contributed by atoms with Crippen LogP contribution in [0, 0.1) is 0 Å². The Morgan fingerprint density at radius 2 is 2.22 bits per heavy atom. The van der Waals surface area contributed by atoms with Crippen molar-refractivity contribution >= 4 is 6.03 Å². The van der Waals surface area contributed by atoms with Gasteiger partial charge in [0.05, 0.1) is 20.6 Å². The molecule has 3 heteroatoms. The molecule has 0 aromatic heterocycles. The smallest absolute Gasteiger partial charge is 0.305 e. The van der Waals surface area contributed by atoms with Gasteiger partial charge in [0.25, 0.3) is 0 Å². The molecule has 1 aliphatic rings. The van der Waals surface area contributed by atoms with Gasteiger partial charge in [0.15, 0.2) is 0 Å². The normalized spacial score (nSPS) is 25.3. The van der Waals surface area contributed by atoms with E-state index in [0.29, 0.717) is 4.48 Å². The maximum Gasteiger partial charge on any atom is 0.416 e. The molecular formula is C6H13N2O+. The molecule has 0 spiro atoms. The highest BCUT2D eigenvalue weighted by Crippen LogP contribution is 2.03. The molecule has 0 aliphatic carbocycles. The van der Waals surface area contributed by atoms with Gasteiger partial charge >= 0.3 is 6.03 Å². The number of amides is 2. The van der Waals surface area contributed by atoms with Gasteiger partial charge in [-0.15, -0.1) is 0 Å². The van der Waals surface area contributed by atoms with E-state index in [9.17, 15) is 4.79 Å². The third-order valence-electron chi connectivity index (χ3n) is 1.72. The molecule has 9 heavy (non-hydrogen) atoms. The van der Waals surface area contributed by atoms with Gasteiger partial charge in [0.1, 0.15) is 0 Å². The van der Waals surface area contributed by atoms with Crippen LogP contribution in [0.1, 0.15) is 6.42 Å². The molecule has 1 heterocycles. The zero-order chi connectivity index (χ0) is 6.91. The fourth-order valence-electron chi connectivity index (χ4n) is 0.985. The maximum atomic E-state index is 11.0. The van der Waals surface area contributed by atoms with Crippen LogP contribution in [0.15, 0.2) is 0 Å². The quantitative estimate of drug-likeness (QED) is 0.464. The van der Waals surface area contributed by atoms with Gasteiger partial charge in [-0.2, -0.15) is 0 Å². The maximum absolute atomic E-state index is 11.0. The van der Waals surface area contributed by atoms with E-state index in [2.05, 4.69) is 5.32 Å². The molecule has 0 unspecified atom stereocenters. The van der Waals surface area contributed by atoms with Crippen LogP contribution in [0.3, 0.4) is 0 Å². The largest absolute Gasteiger partial charge is 0.416 e. The Kier molecular flexibility index (Phi) is 1.45. The summed E-state index contributed by atoms with van der Waals surface area (Å²) < 4.78 is 0.486. The Bertz CT molecular complexity index is 131. The van der Waals surface area contributed by atoms with Crippen LogP contribution in [-0.4, -0.2) is 37.7 Å². The molecule has 0 saturated carbocycles. The minimum atomic E-state index is 0.140. The fourth-order valence-corrected chi connectivity index (χ4v) is 0.985. The van der Waals surface area contributed by atoms with Crippen molar-refractivity contribution in [2.24, 2.45) is 0 Å². The molecule has 3 nitrogen and oxygen atoms in total. The summed E-state index contributed by atoms with van der Waals surface area (Å²) in [7, 11) is 3.85. The van der Waals surface area contributed by atoms with Gasteiger partial charge in [-0.05, 0) is 0 Å². The van der Waals surface area contributed by atoms with Crippen LogP contribution < -0.4 is 5.32 Å². The number of carbonyl (C=O) groups excluding carboxylic acids is 1. The summed E-state index contributed by atoms with van der Waals surface area (Å²) >= 11 is 0. The molecule has 0 aromatic rings. The highest BCUT2D eigenvalue weighted by atomic mass is 16.2. The van der Waals surface area contributed by atoms with E-state index in [-0.39, 0.29) is 6.03 Å². The first kappa shape index (κ1) is 6.55. The fraction of sp³-hybridized carbons (Fsp3) is 0.833. The summed E-state index contributed by atoms with van der Waals surface area (Å²) in [5.41, 5.74) is 0. The lowest BCUT2D eigenvalue weighted by Crippen LogP contribution is -2.56. The van der Waals surface area contributed by atoms with Gasteiger partial charge in [-0.1, -0.05) is 0 Å². The lowest BCUT2D eigenvalue weighted by molar-refractivity contribution is -0.812. The van der Waals surface area contributed by atoms with Crippen molar-refractivity contribution in [2.45, 2.75) is 6.42 Å². The molecule has 0 radical (unpaired) electrons.